The zero-order valence-corrected chi connectivity index (χ0v) is 19.8. The zero-order valence-electron chi connectivity index (χ0n) is 18.6. The van der Waals surface area contributed by atoms with Crippen LogP contribution in [-0.2, 0) is 6.42 Å². The van der Waals surface area contributed by atoms with Crippen molar-refractivity contribution in [2.24, 2.45) is 17.8 Å². The molecule has 2 fully saturated rings. The first kappa shape index (κ1) is 23.0. The lowest BCUT2D eigenvalue weighted by Gasteiger charge is -2.37. The SMILES string of the molecule is CCCCC[SiH]1CCC(C2CCC(CCCCc3ccc(F)c(F)c3)CC2)CC1. The molecule has 0 amide bonds. The monoisotopic (exact) mass is 420 g/mol. The summed E-state index contributed by atoms with van der Waals surface area (Å²) in [5, 5.41) is 0. The maximum atomic E-state index is 13.3. The van der Waals surface area contributed by atoms with Gasteiger partial charge in [0.15, 0.2) is 11.6 Å². The molecule has 29 heavy (non-hydrogen) atoms. The summed E-state index contributed by atoms with van der Waals surface area (Å²) in [6.07, 6.45) is 17.8. The summed E-state index contributed by atoms with van der Waals surface area (Å²) in [6, 6.07) is 9.24. The summed E-state index contributed by atoms with van der Waals surface area (Å²) in [5.74, 6) is 1.55. The Morgan fingerprint density at radius 1 is 0.828 bits per heavy atom. The van der Waals surface area contributed by atoms with Crippen molar-refractivity contribution in [2.75, 3.05) is 0 Å². The highest BCUT2D eigenvalue weighted by Crippen LogP contribution is 2.42. The molecule has 0 atom stereocenters. The standard InChI is InChI=1S/C26H42F2Si/c1-2-3-6-17-29-18-15-24(16-19-29)23-12-9-21(10-13-23)7-4-5-8-22-11-14-25(27)26(28)20-22/h11,14,20-21,23-24,29H,2-10,12-13,15-19H2,1H3. The fourth-order valence-electron chi connectivity index (χ4n) is 6.04. The van der Waals surface area contributed by atoms with Gasteiger partial charge in [0.05, 0.1) is 0 Å². The minimum Gasteiger partial charge on any atom is -0.204 e. The van der Waals surface area contributed by atoms with E-state index in [-0.39, 0.29) is 8.80 Å². The lowest BCUT2D eigenvalue weighted by molar-refractivity contribution is 0.184. The second-order valence-corrected chi connectivity index (χ2v) is 13.5. The van der Waals surface area contributed by atoms with Gasteiger partial charge in [-0.1, -0.05) is 88.9 Å². The number of hydrogen-bond acceptors (Lipinski definition) is 0. The Labute approximate surface area is 179 Å². The number of rotatable bonds is 10. The highest BCUT2D eigenvalue weighted by molar-refractivity contribution is 6.58. The molecular formula is C26H42F2Si. The minimum absolute atomic E-state index is 0.359. The summed E-state index contributed by atoms with van der Waals surface area (Å²) in [5.41, 5.74) is 0.932. The quantitative estimate of drug-likeness (QED) is 0.264. The van der Waals surface area contributed by atoms with Crippen molar-refractivity contribution in [3.63, 3.8) is 0 Å². The van der Waals surface area contributed by atoms with E-state index in [1.165, 1.54) is 69.9 Å². The Balaban J connectivity index is 1.26. The predicted molar refractivity (Wildman–Crippen MR) is 123 cm³/mol. The first-order valence-corrected chi connectivity index (χ1v) is 15.0. The van der Waals surface area contributed by atoms with Crippen LogP contribution < -0.4 is 0 Å². The molecule has 164 valence electrons. The topological polar surface area (TPSA) is 0 Å². The van der Waals surface area contributed by atoms with E-state index in [0.717, 1.165) is 36.2 Å². The van der Waals surface area contributed by atoms with Crippen molar-refractivity contribution in [3.05, 3.63) is 35.4 Å². The lowest BCUT2D eigenvalue weighted by Crippen LogP contribution is -2.28. The van der Waals surface area contributed by atoms with Gasteiger partial charge in [-0.05, 0) is 61.1 Å². The third-order valence-electron chi connectivity index (χ3n) is 7.98. The molecule has 0 radical (unpaired) electrons. The van der Waals surface area contributed by atoms with Crippen molar-refractivity contribution in [1.82, 2.24) is 0 Å². The average Bonchev–Trinajstić information content (AvgIpc) is 2.75. The first-order valence-electron chi connectivity index (χ1n) is 12.6. The van der Waals surface area contributed by atoms with Crippen molar-refractivity contribution < 1.29 is 8.78 Å². The van der Waals surface area contributed by atoms with Gasteiger partial charge in [-0.2, -0.15) is 0 Å². The normalized spacial score (nSPS) is 27.8. The van der Waals surface area contributed by atoms with Crippen molar-refractivity contribution in [2.45, 2.75) is 109 Å². The second kappa shape index (κ2) is 12.2. The highest BCUT2D eigenvalue weighted by Gasteiger charge is 2.30. The van der Waals surface area contributed by atoms with E-state index in [9.17, 15) is 8.78 Å². The first-order chi connectivity index (χ1) is 14.2. The van der Waals surface area contributed by atoms with Crippen LogP contribution in [0, 0.1) is 29.4 Å². The van der Waals surface area contributed by atoms with E-state index in [1.807, 2.05) is 0 Å². The van der Waals surface area contributed by atoms with Gasteiger partial charge in [0.1, 0.15) is 0 Å². The Hall–Kier alpha value is -0.703. The molecule has 0 N–H and O–H groups in total. The minimum atomic E-state index is -0.738. The summed E-state index contributed by atoms with van der Waals surface area (Å²) in [6.45, 7) is 2.32. The third kappa shape index (κ3) is 7.49. The molecule has 0 bridgehead atoms. The molecular weight excluding hydrogens is 378 g/mol. The molecule has 1 aliphatic heterocycles. The Morgan fingerprint density at radius 3 is 2.24 bits per heavy atom. The van der Waals surface area contributed by atoms with Gasteiger partial charge < -0.3 is 0 Å². The van der Waals surface area contributed by atoms with Gasteiger partial charge in [0.2, 0.25) is 0 Å². The molecule has 0 nitrogen and oxygen atoms in total. The number of halogens is 2. The van der Waals surface area contributed by atoms with Crippen LogP contribution in [0.4, 0.5) is 8.78 Å². The fourth-order valence-corrected chi connectivity index (χ4v) is 9.57. The largest absolute Gasteiger partial charge is 0.204 e. The zero-order chi connectivity index (χ0) is 20.5. The molecule has 1 aromatic rings. The molecule has 2 aliphatic rings. The van der Waals surface area contributed by atoms with Crippen LogP contribution in [0.1, 0.15) is 89.5 Å². The van der Waals surface area contributed by atoms with Gasteiger partial charge in [0, 0.05) is 8.80 Å². The van der Waals surface area contributed by atoms with E-state index in [2.05, 4.69) is 6.92 Å². The highest BCUT2D eigenvalue weighted by atomic mass is 28.3. The van der Waals surface area contributed by atoms with Crippen LogP contribution in [0.2, 0.25) is 18.1 Å². The maximum absolute atomic E-state index is 13.3. The number of benzene rings is 1. The van der Waals surface area contributed by atoms with Crippen LogP contribution in [0.25, 0.3) is 0 Å². The second-order valence-electron chi connectivity index (χ2n) is 10.1. The molecule has 1 aromatic carbocycles. The maximum Gasteiger partial charge on any atom is 0.159 e. The van der Waals surface area contributed by atoms with Gasteiger partial charge >= 0.3 is 0 Å². The molecule has 1 saturated heterocycles. The lowest BCUT2D eigenvalue weighted by atomic mass is 9.73. The molecule has 0 spiro atoms. The number of unbranched alkanes of at least 4 members (excludes halogenated alkanes) is 3. The van der Waals surface area contributed by atoms with Gasteiger partial charge in [-0.3, -0.25) is 0 Å². The van der Waals surface area contributed by atoms with Crippen molar-refractivity contribution in [3.8, 4) is 0 Å². The smallest absolute Gasteiger partial charge is 0.159 e. The number of aryl methyl sites for hydroxylation is 1. The predicted octanol–water partition coefficient (Wildman–Crippen LogP) is 8.31. The van der Waals surface area contributed by atoms with E-state index in [4.69, 9.17) is 0 Å². The van der Waals surface area contributed by atoms with E-state index < -0.39 is 11.6 Å². The molecule has 1 heterocycles. The molecule has 3 rings (SSSR count). The van der Waals surface area contributed by atoms with Gasteiger partial charge in [0.25, 0.3) is 0 Å². The van der Waals surface area contributed by atoms with Crippen LogP contribution in [-0.4, -0.2) is 8.80 Å². The summed E-state index contributed by atoms with van der Waals surface area (Å²) < 4.78 is 26.3. The molecule has 3 heteroatoms. The molecule has 1 aliphatic carbocycles. The van der Waals surface area contributed by atoms with Gasteiger partial charge in [-0.15, -0.1) is 0 Å². The van der Waals surface area contributed by atoms with E-state index in [0.29, 0.717) is 0 Å². The number of hydrogen-bond donors (Lipinski definition) is 0. The van der Waals surface area contributed by atoms with Crippen molar-refractivity contribution in [1.29, 1.82) is 0 Å². The van der Waals surface area contributed by atoms with Crippen LogP contribution in [0.15, 0.2) is 18.2 Å². The summed E-state index contributed by atoms with van der Waals surface area (Å²) in [7, 11) is -0.359. The molecule has 0 unspecified atom stereocenters. The Bertz CT molecular complexity index is 586. The third-order valence-corrected chi connectivity index (χ3v) is 11.5. The van der Waals surface area contributed by atoms with Crippen molar-refractivity contribution >= 4 is 8.80 Å². The van der Waals surface area contributed by atoms with Crippen LogP contribution in [0.3, 0.4) is 0 Å². The molecule has 0 aromatic heterocycles. The van der Waals surface area contributed by atoms with Crippen LogP contribution in [0.5, 0.6) is 0 Å². The molecule has 1 saturated carbocycles. The fraction of sp³-hybridized carbons (Fsp3) is 0.769. The summed E-state index contributed by atoms with van der Waals surface area (Å²) in [4.78, 5) is 0. The van der Waals surface area contributed by atoms with Gasteiger partial charge in [-0.25, -0.2) is 8.78 Å². The Morgan fingerprint density at radius 2 is 1.55 bits per heavy atom. The van der Waals surface area contributed by atoms with Crippen LogP contribution >= 0.6 is 0 Å². The summed E-state index contributed by atoms with van der Waals surface area (Å²) >= 11 is 0. The van der Waals surface area contributed by atoms with E-state index >= 15 is 0 Å². The Kier molecular flexibility index (Phi) is 9.68. The van der Waals surface area contributed by atoms with E-state index in [1.54, 1.807) is 37.0 Å². The average molecular weight is 421 g/mol.